The number of fused-ring (bicyclic) bond motifs is 1. The number of benzene rings is 1. The van der Waals surface area contributed by atoms with Crippen molar-refractivity contribution in [3.63, 3.8) is 0 Å². The van der Waals surface area contributed by atoms with Gasteiger partial charge in [0.25, 0.3) is 0 Å². The number of hydrogen-bond acceptors (Lipinski definition) is 2. The lowest BCUT2D eigenvalue weighted by molar-refractivity contribution is -0.139. The summed E-state index contributed by atoms with van der Waals surface area (Å²) in [6, 6.07) is 9.94. The fourth-order valence-corrected chi connectivity index (χ4v) is 2.79. The van der Waals surface area contributed by atoms with Crippen molar-refractivity contribution in [2.45, 2.75) is 32.2 Å². The molecule has 1 atom stereocenters. The van der Waals surface area contributed by atoms with Crippen LogP contribution in [-0.2, 0) is 11.3 Å². The van der Waals surface area contributed by atoms with Crippen LogP contribution in [0, 0.1) is 6.92 Å². The third-order valence-electron chi connectivity index (χ3n) is 3.78. The second-order valence-electron chi connectivity index (χ2n) is 4.95. The molecule has 3 rings (SSSR count). The van der Waals surface area contributed by atoms with Crippen molar-refractivity contribution in [1.29, 1.82) is 0 Å². The minimum atomic E-state index is -0.773. The summed E-state index contributed by atoms with van der Waals surface area (Å²) in [5.74, 6) is -0.537. The largest absolute Gasteiger partial charge is 0.481 e. The van der Waals surface area contributed by atoms with Gasteiger partial charge in [0.15, 0.2) is 0 Å². The molecule has 2 aromatic rings. The number of aromatic nitrogens is 2. The summed E-state index contributed by atoms with van der Waals surface area (Å²) in [4.78, 5) is 15.9. The molecule has 98 valence electrons. The van der Waals surface area contributed by atoms with E-state index in [0.29, 0.717) is 12.2 Å². The smallest absolute Gasteiger partial charge is 0.314 e. The van der Waals surface area contributed by atoms with Gasteiger partial charge in [-0.1, -0.05) is 30.3 Å². The number of hydrogen-bond donors (Lipinski definition) is 1. The van der Waals surface area contributed by atoms with Crippen LogP contribution < -0.4 is 0 Å². The third kappa shape index (κ3) is 1.93. The first kappa shape index (κ1) is 12.0. The first-order valence-corrected chi connectivity index (χ1v) is 6.53. The molecule has 0 bridgehead atoms. The van der Waals surface area contributed by atoms with Crippen LogP contribution in [0.4, 0.5) is 0 Å². The van der Waals surface area contributed by atoms with E-state index in [1.807, 2.05) is 37.3 Å². The van der Waals surface area contributed by atoms with E-state index in [4.69, 9.17) is 0 Å². The molecule has 0 spiro atoms. The highest BCUT2D eigenvalue weighted by atomic mass is 16.4. The molecule has 1 aliphatic heterocycles. The lowest BCUT2D eigenvalue weighted by Gasteiger charge is -2.20. The van der Waals surface area contributed by atoms with E-state index in [2.05, 4.69) is 9.55 Å². The van der Waals surface area contributed by atoms with Crippen LogP contribution in [0.2, 0.25) is 0 Å². The zero-order chi connectivity index (χ0) is 13.4. The lowest BCUT2D eigenvalue weighted by atomic mass is 9.99. The van der Waals surface area contributed by atoms with E-state index in [1.54, 1.807) is 0 Å². The van der Waals surface area contributed by atoms with Crippen LogP contribution in [-0.4, -0.2) is 20.6 Å². The van der Waals surface area contributed by atoms with Crippen LogP contribution >= 0.6 is 0 Å². The first-order valence-electron chi connectivity index (χ1n) is 6.53. The quantitative estimate of drug-likeness (QED) is 0.898. The Labute approximate surface area is 111 Å². The number of carboxylic acids is 1. The monoisotopic (exact) mass is 256 g/mol. The molecule has 0 saturated carbocycles. The predicted octanol–water partition coefficient (Wildman–Crippen LogP) is 2.82. The molecule has 1 N–H and O–H groups in total. The molecule has 2 heterocycles. The maximum Gasteiger partial charge on any atom is 0.314 e. The van der Waals surface area contributed by atoms with Crippen molar-refractivity contribution in [1.82, 2.24) is 9.55 Å². The molecule has 0 saturated heterocycles. The van der Waals surface area contributed by atoms with Crippen LogP contribution in [0.25, 0.3) is 11.3 Å². The highest BCUT2D eigenvalue weighted by Gasteiger charge is 2.30. The van der Waals surface area contributed by atoms with Gasteiger partial charge in [0.05, 0.1) is 5.69 Å². The zero-order valence-corrected chi connectivity index (χ0v) is 10.8. The van der Waals surface area contributed by atoms with E-state index in [0.717, 1.165) is 29.9 Å². The number of carbonyl (C=O) groups is 1. The Balaban J connectivity index is 2.13. The normalized spacial score (nSPS) is 18.1. The van der Waals surface area contributed by atoms with E-state index >= 15 is 0 Å². The van der Waals surface area contributed by atoms with E-state index < -0.39 is 11.9 Å². The van der Waals surface area contributed by atoms with Crippen molar-refractivity contribution in [3.8, 4) is 11.3 Å². The predicted molar refractivity (Wildman–Crippen MR) is 72.0 cm³/mol. The van der Waals surface area contributed by atoms with Gasteiger partial charge in [-0.15, -0.1) is 0 Å². The number of imidazole rings is 1. The third-order valence-corrected chi connectivity index (χ3v) is 3.78. The van der Waals surface area contributed by atoms with Crippen molar-refractivity contribution < 1.29 is 9.90 Å². The van der Waals surface area contributed by atoms with Gasteiger partial charge in [-0.2, -0.15) is 0 Å². The number of aliphatic carboxylic acids is 1. The maximum absolute atomic E-state index is 11.3. The first-order chi connectivity index (χ1) is 9.18. The summed E-state index contributed by atoms with van der Waals surface area (Å²) in [5.41, 5.74) is 3.02. The summed E-state index contributed by atoms with van der Waals surface area (Å²) in [7, 11) is 0. The summed E-state index contributed by atoms with van der Waals surface area (Å²) >= 11 is 0. The second kappa shape index (κ2) is 4.53. The Kier molecular flexibility index (Phi) is 2.85. The molecule has 0 amide bonds. The second-order valence-corrected chi connectivity index (χ2v) is 4.95. The van der Waals surface area contributed by atoms with Gasteiger partial charge >= 0.3 is 5.97 Å². The van der Waals surface area contributed by atoms with Crippen molar-refractivity contribution in [2.75, 3.05) is 0 Å². The van der Waals surface area contributed by atoms with Crippen molar-refractivity contribution >= 4 is 5.97 Å². The molecule has 0 fully saturated rings. The average Bonchev–Trinajstić information content (AvgIpc) is 2.77. The molecule has 1 aromatic carbocycles. The summed E-state index contributed by atoms with van der Waals surface area (Å²) in [6.45, 7) is 2.88. The topological polar surface area (TPSA) is 55.1 Å². The zero-order valence-electron chi connectivity index (χ0n) is 10.8. The number of rotatable bonds is 2. The van der Waals surface area contributed by atoms with Gasteiger partial charge < -0.3 is 9.67 Å². The van der Waals surface area contributed by atoms with Crippen LogP contribution in [0.1, 0.15) is 30.3 Å². The molecule has 19 heavy (non-hydrogen) atoms. The number of carboxylic acid groups (broad SMARTS) is 1. The average molecular weight is 256 g/mol. The Morgan fingerprint density at radius 3 is 2.79 bits per heavy atom. The van der Waals surface area contributed by atoms with Crippen LogP contribution in [0.5, 0.6) is 0 Å². The Morgan fingerprint density at radius 2 is 2.11 bits per heavy atom. The summed E-state index contributed by atoms with van der Waals surface area (Å²) < 4.78 is 2.06. The summed E-state index contributed by atoms with van der Waals surface area (Å²) in [6.07, 6.45) is 1.58. The fraction of sp³-hybridized carbons (Fsp3) is 0.333. The van der Waals surface area contributed by atoms with Gasteiger partial charge in [0, 0.05) is 17.8 Å². The molecule has 4 heteroatoms. The van der Waals surface area contributed by atoms with Crippen molar-refractivity contribution in [2.24, 2.45) is 0 Å². The van der Waals surface area contributed by atoms with Gasteiger partial charge in [0.2, 0.25) is 0 Å². The molecule has 1 unspecified atom stereocenters. The van der Waals surface area contributed by atoms with Gasteiger partial charge in [0.1, 0.15) is 11.7 Å². The highest BCUT2D eigenvalue weighted by Crippen LogP contribution is 2.32. The SMILES string of the molecule is Cc1c(-c2ccccc2)nc2n1CCCC2C(=O)O. The van der Waals surface area contributed by atoms with Crippen LogP contribution in [0.15, 0.2) is 30.3 Å². The van der Waals surface area contributed by atoms with Crippen molar-refractivity contribution in [3.05, 3.63) is 41.9 Å². The van der Waals surface area contributed by atoms with Gasteiger partial charge in [-0.3, -0.25) is 4.79 Å². The molecule has 0 radical (unpaired) electrons. The standard InChI is InChI=1S/C15H16N2O2/c1-10-13(11-6-3-2-4-7-11)16-14-12(15(18)19)8-5-9-17(10)14/h2-4,6-7,12H,5,8-9H2,1H3,(H,18,19). The Bertz CT molecular complexity index is 617. The van der Waals surface area contributed by atoms with Gasteiger partial charge in [-0.25, -0.2) is 4.98 Å². The van der Waals surface area contributed by atoms with E-state index in [9.17, 15) is 9.90 Å². The lowest BCUT2D eigenvalue weighted by Crippen LogP contribution is -2.22. The molecule has 4 nitrogen and oxygen atoms in total. The number of nitrogens with zero attached hydrogens (tertiary/aromatic N) is 2. The van der Waals surface area contributed by atoms with Gasteiger partial charge in [-0.05, 0) is 19.8 Å². The minimum Gasteiger partial charge on any atom is -0.481 e. The van der Waals surface area contributed by atoms with Crippen LogP contribution in [0.3, 0.4) is 0 Å². The summed E-state index contributed by atoms with van der Waals surface area (Å²) in [5, 5.41) is 9.30. The Morgan fingerprint density at radius 1 is 1.37 bits per heavy atom. The van der Waals surface area contributed by atoms with E-state index in [-0.39, 0.29) is 0 Å². The molecule has 1 aromatic heterocycles. The minimum absolute atomic E-state index is 0.468. The Hall–Kier alpha value is -2.10. The van der Waals surface area contributed by atoms with E-state index in [1.165, 1.54) is 0 Å². The highest BCUT2D eigenvalue weighted by molar-refractivity contribution is 5.76. The molecular formula is C15H16N2O2. The molecular weight excluding hydrogens is 240 g/mol. The maximum atomic E-state index is 11.3. The molecule has 1 aliphatic rings. The molecule has 0 aliphatic carbocycles. The fourth-order valence-electron chi connectivity index (χ4n) is 2.79.